The predicted molar refractivity (Wildman–Crippen MR) is 73.8 cm³/mol. The van der Waals surface area contributed by atoms with E-state index in [0.29, 0.717) is 13.1 Å². The number of carboxylic acid groups (broad SMARTS) is 1. The summed E-state index contributed by atoms with van der Waals surface area (Å²) in [5, 5.41) is 11.1. The van der Waals surface area contributed by atoms with Crippen molar-refractivity contribution in [2.75, 3.05) is 6.54 Å². The van der Waals surface area contributed by atoms with Gasteiger partial charge < -0.3 is 10.0 Å². The number of carboxylic acids is 1. The summed E-state index contributed by atoms with van der Waals surface area (Å²) in [6, 6.07) is 3.95. The fraction of sp³-hybridized carbons (Fsp3) is 0.571. The Morgan fingerprint density at radius 3 is 2.53 bits per heavy atom. The van der Waals surface area contributed by atoms with Crippen LogP contribution in [0.15, 0.2) is 17.5 Å². The van der Waals surface area contributed by atoms with E-state index in [4.69, 9.17) is 5.11 Å². The van der Waals surface area contributed by atoms with Crippen molar-refractivity contribution in [3.8, 4) is 0 Å². The normalized spacial score (nSPS) is 23.9. The molecule has 0 saturated heterocycles. The molecule has 2 rings (SSSR count). The molecule has 1 aliphatic carbocycles. The van der Waals surface area contributed by atoms with Gasteiger partial charge in [-0.2, -0.15) is 0 Å². The second kappa shape index (κ2) is 4.96. The number of rotatable bonds is 5. The molecular weight excluding hydrogens is 262 g/mol. The zero-order chi connectivity index (χ0) is 14.2. The first-order valence-corrected chi connectivity index (χ1v) is 7.31. The van der Waals surface area contributed by atoms with Crippen LogP contribution in [0.2, 0.25) is 0 Å². The van der Waals surface area contributed by atoms with Crippen LogP contribution >= 0.6 is 11.3 Å². The highest BCUT2D eigenvalue weighted by molar-refractivity contribution is 7.09. The molecule has 1 aromatic heterocycles. The smallest absolute Gasteiger partial charge is 0.307 e. The Bertz CT molecular complexity index is 481. The summed E-state index contributed by atoms with van der Waals surface area (Å²) in [7, 11) is 0. The molecule has 1 aliphatic rings. The average Bonchev–Trinajstić information content (AvgIpc) is 2.73. The first-order chi connectivity index (χ1) is 8.89. The van der Waals surface area contributed by atoms with E-state index in [0.717, 1.165) is 4.88 Å². The third-order valence-corrected chi connectivity index (χ3v) is 4.84. The SMILES string of the molecule is CCN(Cc1cccs1)C(=O)[C@H]1[C@@H](C(=O)O)C1(C)C. The van der Waals surface area contributed by atoms with Crippen molar-refractivity contribution >= 4 is 23.2 Å². The molecule has 5 heteroatoms. The van der Waals surface area contributed by atoms with Crippen LogP contribution in [0.25, 0.3) is 0 Å². The topological polar surface area (TPSA) is 57.6 Å². The van der Waals surface area contributed by atoms with Crippen LogP contribution in [0, 0.1) is 17.3 Å². The molecule has 1 fully saturated rings. The molecule has 4 nitrogen and oxygen atoms in total. The summed E-state index contributed by atoms with van der Waals surface area (Å²) in [6.07, 6.45) is 0. The Morgan fingerprint density at radius 1 is 1.42 bits per heavy atom. The number of carbonyl (C=O) groups is 2. The standard InChI is InChI=1S/C14H19NO3S/c1-4-15(8-9-6-5-7-19-9)12(16)10-11(13(17)18)14(10,2)3/h5-7,10-11H,4,8H2,1-3H3,(H,17,18)/t10-,11+/m1/s1. The van der Waals surface area contributed by atoms with Gasteiger partial charge in [-0.1, -0.05) is 19.9 Å². The highest BCUT2D eigenvalue weighted by Crippen LogP contribution is 2.59. The summed E-state index contributed by atoms with van der Waals surface area (Å²) in [4.78, 5) is 26.5. The van der Waals surface area contributed by atoms with Gasteiger partial charge in [0.25, 0.3) is 0 Å². The molecule has 1 amide bonds. The minimum atomic E-state index is -0.865. The van der Waals surface area contributed by atoms with E-state index in [2.05, 4.69) is 0 Å². The third kappa shape index (κ3) is 2.52. The summed E-state index contributed by atoms with van der Waals surface area (Å²) in [5.41, 5.74) is -0.425. The Balaban J connectivity index is 2.08. The lowest BCUT2D eigenvalue weighted by Crippen LogP contribution is -2.33. The Kier molecular flexibility index (Phi) is 3.67. The molecule has 0 aromatic carbocycles. The van der Waals surface area contributed by atoms with Gasteiger partial charge >= 0.3 is 5.97 Å². The molecular formula is C14H19NO3S. The predicted octanol–water partition coefficient (Wildman–Crippen LogP) is 2.45. The minimum absolute atomic E-state index is 0.0340. The van der Waals surface area contributed by atoms with Crippen molar-refractivity contribution in [1.82, 2.24) is 4.90 Å². The highest BCUT2D eigenvalue weighted by atomic mass is 32.1. The molecule has 1 heterocycles. The van der Waals surface area contributed by atoms with Gasteiger partial charge in [0, 0.05) is 11.4 Å². The zero-order valence-electron chi connectivity index (χ0n) is 11.4. The van der Waals surface area contributed by atoms with Gasteiger partial charge in [-0.15, -0.1) is 11.3 Å². The molecule has 0 spiro atoms. The first-order valence-electron chi connectivity index (χ1n) is 6.43. The lowest BCUT2D eigenvalue weighted by atomic mass is 10.1. The van der Waals surface area contributed by atoms with Gasteiger partial charge in [0.05, 0.1) is 18.4 Å². The molecule has 0 aliphatic heterocycles. The monoisotopic (exact) mass is 281 g/mol. The largest absolute Gasteiger partial charge is 0.481 e. The van der Waals surface area contributed by atoms with Gasteiger partial charge in [0.1, 0.15) is 0 Å². The number of thiophene rings is 1. The molecule has 1 N–H and O–H groups in total. The molecule has 2 atom stereocenters. The quantitative estimate of drug-likeness (QED) is 0.902. The Labute approximate surface area is 117 Å². The van der Waals surface area contributed by atoms with Gasteiger partial charge in [0.2, 0.25) is 5.91 Å². The molecule has 0 radical (unpaired) electrons. The van der Waals surface area contributed by atoms with Crippen molar-refractivity contribution in [1.29, 1.82) is 0 Å². The Morgan fingerprint density at radius 2 is 2.11 bits per heavy atom. The van der Waals surface area contributed by atoms with E-state index in [1.807, 2.05) is 38.3 Å². The number of carbonyl (C=O) groups excluding carboxylic acids is 1. The van der Waals surface area contributed by atoms with E-state index in [-0.39, 0.29) is 11.8 Å². The van der Waals surface area contributed by atoms with Crippen LogP contribution < -0.4 is 0 Å². The summed E-state index contributed by atoms with van der Waals surface area (Å²) >= 11 is 1.61. The zero-order valence-corrected chi connectivity index (χ0v) is 12.2. The van der Waals surface area contributed by atoms with E-state index >= 15 is 0 Å². The third-order valence-electron chi connectivity index (χ3n) is 3.98. The van der Waals surface area contributed by atoms with Crippen molar-refractivity contribution < 1.29 is 14.7 Å². The van der Waals surface area contributed by atoms with Gasteiger partial charge in [-0.3, -0.25) is 9.59 Å². The lowest BCUT2D eigenvalue weighted by molar-refractivity contribution is -0.142. The van der Waals surface area contributed by atoms with Crippen molar-refractivity contribution in [3.05, 3.63) is 22.4 Å². The number of hydrogen-bond acceptors (Lipinski definition) is 3. The fourth-order valence-corrected chi connectivity index (χ4v) is 3.41. The van der Waals surface area contributed by atoms with E-state index in [9.17, 15) is 9.59 Å². The maximum absolute atomic E-state index is 12.5. The molecule has 0 unspecified atom stereocenters. The molecule has 19 heavy (non-hydrogen) atoms. The number of nitrogens with zero attached hydrogens (tertiary/aromatic N) is 1. The van der Waals surface area contributed by atoms with Crippen LogP contribution in [0.4, 0.5) is 0 Å². The second-order valence-corrected chi connectivity index (χ2v) is 6.58. The van der Waals surface area contributed by atoms with Crippen molar-refractivity contribution in [3.63, 3.8) is 0 Å². The molecule has 1 aromatic rings. The highest BCUT2D eigenvalue weighted by Gasteiger charge is 2.66. The van der Waals surface area contributed by atoms with Crippen LogP contribution in [-0.2, 0) is 16.1 Å². The molecule has 0 bridgehead atoms. The Hall–Kier alpha value is -1.36. The van der Waals surface area contributed by atoms with Crippen LogP contribution in [0.5, 0.6) is 0 Å². The van der Waals surface area contributed by atoms with Gasteiger partial charge in [0.15, 0.2) is 0 Å². The number of hydrogen-bond donors (Lipinski definition) is 1. The van der Waals surface area contributed by atoms with Crippen LogP contribution in [-0.4, -0.2) is 28.4 Å². The average molecular weight is 281 g/mol. The first kappa shape index (κ1) is 14.1. The van der Waals surface area contributed by atoms with E-state index < -0.39 is 17.3 Å². The van der Waals surface area contributed by atoms with Crippen molar-refractivity contribution in [2.24, 2.45) is 17.3 Å². The maximum atomic E-state index is 12.5. The summed E-state index contributed by atoms with van der Waals surface area (Å²) in [6.45, 7) is 6.82. The van der Waals surface area contributed by atoms with E-state index in [1.54, 1.807) is 16.2 Å². The van der Waals surface area contributed by atoms with Gasteiger partial charge in [-0.25, -0.2) is 0 Å². The molecule has 1 saturated carbocycles. The fourth-order valence-electron chi connectivity index (χ4n) is 2.69. The van der Waals surface area contributed by atoms with Crippen molar-refractivity contribution in [2.45, 2.75) is 27.3 Å². The summed E-state index contributed by atoms with van der Waals surface area (Å²) in [5.74, 6) is -1.83. The lowest BCUT2D eigenvalue weighted by Gasteiger charge is -2.21. The van der Waals surface area contributed by atoms with Gasteiger partial charge in [-0.05, 0) is 23.8 Å². The maximum Gasteiger partial charge on any atom is 0.307 e. The van der Waals surface area contributed by atoms with E-state index in [1.165, 1.54) is 0 Å². The van der Waals surface area contributed by atoms with Crippen LogP contribution in [0.1, 0.15) is 25.6 Å². The second-order valence-electron chi connectivity index (χ2n) is 5.55. The van der Waals surface area contributed by atoms with Crippen LogP contribution in [0.3, 0.4) is 0 Å². The number of amides is 1. The molecule has 104 valence electrons. The number of aliphatic carboxylic acids is 1. The summed E-state index contributed by atoms with van der Waals surface area (Å²) < 4.78 is 0. The minimum Gasteiger partial charge on any atom is -0.481 e.